The van der Waals surface area contributed by atoms with E-state index >= 15 is 0 Å². The maximum absolute atomic E-state index is 5.54. The largest absolute Gasteiger partial charge is 0.325 e. The van der Waals surface area contributed by atoms with E-state index in [1.54, 1.807) is 11.3 Å². The van der Waals surface area contributed by atoms with Crippen LogP contribution in [0.15, 0.2) is 29.6 Å². The van der Waals surface area contributed by atoms with Crippen molar-refractivity contribution in [2.24, 2.45) is 5.73 Å². The number of thiazole rings is 1. The highest BCUT2D eigenvalue weighted by molar-refractivity contribution is 7.09. The van der Waals surface area contributed by atoms with Gasteiger partial charge in [-0.1, -0.05) is 24.3 Å². The van der Waals surface area contributed by atoms with E-state index in [0.29, 0.717) is 6.54 Å². The molecular weight excluding hydrogens is 216 g/mol. The summed E-state index contributed by atoms with van der Waals surface area (Å²) in [6.07, 6.45) is 2.06. The Bertz CT molecular complexity index is 462. The van der Waals surface area contributed by atoms with Crippen LogP contribution in [0, 0.1) is 6.92 Å². The van der Waals surface area contributed by atoms with Crippen molar-refractivity contribution in [3.8, 4) is 0 Å². The molecule has 2 rings (SSSR count). The molecule has 0 bridgehead atoms. The van der Waals surface area contributed by atoms with Crippen LogP contribution in [0.4, 0.5) is 0 Å². The smallest absolute Gasteiger partial charge is 0.106 e. The lowest BCUT2D eigenvalue weighted by Crippen LogP contribution is -1.97. The van der Waals surface area contributed by atoms with Gasteiger partial charge in [0.2, 0.25) is 0 Å². The lowest BCUT2D eigenvalue weighted by Gasteiger charge is -2.03. The molecule has 16 heavy (non-hydrogen) atoms. The van der Waals surface area contributed by atoms with Crippen LogP contribution >= 0.6 is 11.3 Å². The third kappa shape index (κ3) is 2.68. The molecule has 0 aliphatic rings. The predicted octanol–water partition coefficient (Wildman–Crippen LogP) is 2.70. The first-order valence-corrected chi connectivity index (χ1v) is 6.35. The summed E-state index contributed by atoms with van der Waals surface area (Å²) in [5.41, 5.74) is 9.47. The minimum Gasteiger partial charge on any atom is -0.325 e. The van der Waals surface area contributed by atoms with Crippen molar-refractivity contribution in [3.63, 3.8) is 0 Å². The monoisotopic (exact) mass is 232 g/mol. The number of hydrogen-bond acceptors (Lipinski definition) is 3. The van der Waals surface area contributed by atoms with Crippen LogP contribution in [0.1, 0.15) is 21.8 Å². The summed E-state index contributed by atoms with van der Waals surface area (Å²) in [5.74, 6) is 0. The van der Waals surface area contributed by atoms with Gasteiger partial charge < -0.3 is 5.73 Å². The molecule has 0 spiro atoms. The standard InChI is InChI=1S/C13H16N2S/c1-10-4-2-3-5-11(10)6-7-12-9-16-13(8-14)15-12/h2-5,9H,6-8,14H2,1H3. The Hall–Kier alpha value is -1.19. The molecular formula is C13H16N2S. The zero-order valence-corrected chi connectivity index (χ0v) is 10.3. The number of hydrogen-bond donors (Lipinski definition) is 1. The number of nitrogens with zero attached hydrogens (tertiary/aromatic N) is 1. The molecule has 0 amide bonds. The maximum Gasteiger partial charge on any atom is 0.106 e. The summed E-state index contributed by atoms with van der Waals surface area (Å²) in [6, 6.07) is 8.51. The van der Waals surface area contributed by atoms with Crippen molar-refractivity contribution in [3.05, 3.63) is 51.5 Å². The molecule has 1 aromatic heterocycles. The summed E-state index contributed by atoms with van der Waals surface area (Å²) in [6.45, 7) is 2.71. The molecule has 2 N–H and O–H groups in total. The first-order chi connectivity index (χ1) is 7.79. The van der Waals surface area contributed by atoms with Gasteiger partial charge in [0.15, 0.2) is 0 Å². The Morgan fingerprint density at radius 3 is 2.75 bits per heavy atom. The first-order valence-electron chi connectivity index (χ1n) is 5.47. The quantitative estimate of drug-likeness (QED) is 0.880. The number of aryl methyl sites for hydroxylation is 3. The first kappa shape index (κ1) is 11.3. The van der Waals surface area contributed by atoms with E-state index in [-0.39, 0.29) is 0 Å². The minimum absolute atomic E-state index is 0.551. The van der Waals surface area contributed by atoms with E-state index in [9.17, 15) is 0 Å². The van der Waals surface area contributed by atoms with Gasteiger partial charge in [-0.2, -0.15) is 0 Å². The van der Waals surface area contributed by atoms with Crippen LogP contribution in [-0.4, -0.2) is 4.98 Å². The Morgan fingerprint density at radius 1 is 1.25 bits per heavy atom. The highest BCUT2D eigenvalue weighted by atomic mass is 32.1. The molecule has 0 radical (unpaired) electrons. The van der Waals surface area contributed by atoms with Gasteiger partial charge >= 0.3 is 0 Å². The van der Waals surface area contributed by atoms with Crippen molar-refractivity contribution in [1.29, 1.82) is 0 Å². The van der Waals surface area contributed by atoms with E-state index in [1.807, 2.05) is 0 Å². The fourth-order valence-electron chi connectivity index (χ4n) is 1.71. The van der Waals surface area contributed by atoms with Gasteiger partial charge in [-0.3, -0.25) is 0 Å². The normalized spacial score (nSPS) is 10.6. The number of nitrogens with two attached hydrogens (primary N) is 1. The predicted molar refractivity (Wildman–Crippen MR) is 68.6 cm³/mol. The Kier molecular flexibility index (Phi) is 3.70. The summed E-state index contributed by atoms with van der Waals surface area (Å²) < 4.78 is 0. The molecule has 1 heterocycles. The van der Waals surface area contributed by atoms with Crippen LogP contribution in [0.3, 0.4) is 0 Å². The highest BCUT2D eigenvalue weighted by Crippen LogP contribution is 2.14. The molecule has 3 heteroatoms. The number of benzene rings is 1. The molecule has 0 fully saturated rings. The second-order valence-electron chi connectivity index (χ2n) is 3.86. The summed E-state index contributed by atoms with van der Waals surface area (Å²) in [4.78, 5) is 4.47. The summed E-state index contributed by atoms with van der Waals surface area (Å²) >= 11 is 1.65. The Balaban J connectivity index is 1.99. The Morgan fingerprint density at radius 2 is 2.06 bits per heavy atom. The zero-order valence-electron chi connectivity index (χ0n) is 9.44. The lowest BCUT2D eigenvalue weighted by atomic mass is 10.0. The fourth-order valence-corrected chi connectivity index (χ4v) is 2.42. The number of aromatic nitrogens is 1. The van der Waals surface area contributed by atoms with Crippen LogP contribution in [-0.2, 0) is 19.4 Å². The average Bonchev–Trinajstić information content (AvgIpc) is 2.76. The average molecular weight is 232 g/mol. The highest BCUT2D eigenvalue weighted by Gasteiger charge is 2.02. The van der Waals surface area contributed by atoms with E-state index in [1.165, 1.54) is 11.1 Å². The van der Waals surface area contributed by atoms with Crippen molar-refractivity contribution in [2.45, 2.75) is 26.3 Å². The van der Waals surface area contributed by atoms with E-state index in [0.717, 1.165) is 23.5 Å². The molecule has 0 atom stereocenters. The molecule has 0 aliphatic heterocycles. The van der Waals surface area contributed by atoms with Gasteiger partial charge in [0.1, 0.15) is 5.01 Å². The van der Waals surface area contributed by atoms with Gasteiger partial charge in [0, 0.05) is 11.9 Å². The molecule has 2 nitrogen and oxygen atoms in total. The van der Waals surface area contributed by atoms with Gasteiger partial charge in [-0.25, -0.2) is 4.98 Å². The van der Waals surface area contributed by atoms with Crippen LogP contribution < -0.4 is 5.73 Å². The molecule has 1 aromatic carbocycles. The second-order valence-corrected chi connectivity index (χ2v) is 4.81. The van der Waals surface area contributed by atoms with E-state index in [4.69, 9.17) is 5.73 Å². The third-order valence-corrected chi connectivity index (χ3v) is 3.61. The van der Waals surface area contributed by atoms with Gasteiger partial charge in [-0.05, 0) is 30.9 Å². The summed E-state index contributed by atoms with van der Waals surface area (Å²) in [7, 11) is 0. The SMILES string of the molecule is Cc1ccccc1CCc1csc(CN)n1. The molecule has 84 valence electrons. The van der Waals surface area contributed by atoms with E-state index < -0.39 is 0 Å². The third-order valence-electron chi connectivity index (χ3n) is 2.69. The molecule has 0 saturated heterocycles. The number of rotatable bonds is 4. The van der Waals surface area contributed by atoms with Crippen LogP contribution in [0.2, 0.25) is 0 Å². The molecule has 2 aromatic rings. The summed E-state index contributed by atoms with van der Waals surface area (Å²) in [5, 5.41) is 3.14. The van der Waals surface area contributed by atoms with Crippen LogP contribution in [0.25, 0.3) is 0 Å². The molecule has 0 aliphatic carbocycles. The lowest BCUT2D eigenvalue weighted by molar-refractivity contribution is 0.898. The van der Waals surface area contributed by atoms with Crippen LogP contribution in [0.5, 0.6) is 0 Å². The zero-order chi connectivity index (χ0) is 11.4. The van der Waals surface area contributed by atoms with Crippen molar-refractivity contribution in [1.82, 2.24) is 4.98 Å². The fraction of sp³-hybridized carbons (Fsp3) is 0.308. The Labute approximate surface area is 100 Å². The van der Waals surface area contributed by atoms with Crippen molar-refractivity contribution >= 4 is 11.3 Å². The van der Waals surface area contributed by atoms with Crippen molar-refractivity contribution in [2.75, 3.05) is 0 Å². The van der Waals surface area contributed by atoms with Gasteiger partial charge in [0.05, 0.1) is 5.69 Å². The van der Waals surface area contributed by atoms with Gasteiger partial charge in [0.25, 0.3) is 0 Å². The molecule has 0 saturated carbocycles. The second kappa shape index (κ2) is 5.23. The maximum atomic E-state index is 5.54. The minimum atomic E-state index is 0.551. The van der Waals surface area contributed by atoms with Crippen molar-refractivity contribution < 1.29 is 0 Å². The topological polar surface area (TPSA) is 38.9 Å². The van der Waals surface area contributed by atoms with E-state index in [2.05, 4.69) is 41.6 Å². The molecule has 0 unspecified atom stereocenters. The van der Waals surface area contributed by atoms with Gasteiger partial charge in [-0.15, -0.1) is 11.3 Å².